The van der Waals surface area contributed by atoms with Crippen molar-refractivity contribution >= 4 is 23.1 Å². The average Bonchev–Trinajstić information content (AvgIpc) is 2.22. The van der Waals surface area contributed by atoms with Crippen LogP contribution in [0.3, 0.4) is 0 Å². The zero-order valence-electron chi connectivity index (χ0n) is 9.22. The van der Waals surface area contributed by atoms with Gasteiger partial charge in [0.15, 0.2) is 0 Å². The Hall–Kier alpha value is -1.56. The standard InChI is InChI=1S/C11H12F2N2OS/c1-6-4-7(9(13)5-8(6)12)11(16)15-3-2-10(14)17/h4-5H,2-3H2,1H3,(H2,14,17)(H,15,16). The van der Waals surface area contributed by atoms with E-state index in [0.717, 1.165) is 0 Å². The fourth-order valence-electron chi connectivity index (χ4n) is 1.23. The number of carbonyl (C=O) groups excluding carboxylic acids is 1. The maximum atomic E-state index is 13.3. The van der Waals surface area contributed by atoms with E-state index in [4.69, 9.17) is 5.73 Å². The molecule has 0 saturated heterocycles. The third-order valence-electron chi connectivity index (χ3n) is 2.15. The maximum absolute atomic E-state index is 13.3. The molecule has 0 atom stereocenters. The number of carbonyl (C=O) groups is 1. The molecule has 0 bridgehead atoms. The Morgan fingerprint density at radius 2 is 2.06 bits per heavy atom. The predicted molar refractivity (Wildman–Crippen MR) is 64.8 cm³/mol. The number of hydrogen-bond donors (Lipinski definition) is 2. The van der Waals surface area contributed by atoms with Gasteiger partial charge in [0.2, 0.25) is 0 Å². The van der Waals surface area contributed by atoms with Crippen LogP contribution in [0.4, 0.5) is 8.78 Å². The van der Waals surface area contributed by atoms with E-state index in [9.17, 15) is 13.6 Å². The van der Waals surface area contributed by atoms with Crippen LogP contribution in [-0.4, -0.2) is 17.4 Å². The normalized spacial score (nSPS) is 10.1. The number of amides is 1. The molecule has 0 aliphatic rings. The van der Waals surface area contributed by atoms with Gasteiger partial charge in [0.1, 0.15) is 11.6 Å². The fourth-order valence-corrected chi connectivity index (χ4v) is 1.33. The summed E-state index contributed by atoms with van der Waals surface area (Å²) in [5, 5.41) is 2.45. The van der Waals surface area contributed by atoms with Gasteiger partial charge in [-0.25, -0.2) is 8.78 Å². The lowest BCUT2D eigenvalue weighted by Crippen LogP contribution is -2.28. The van der Waals surface area contributed by atoms with Gasteiger partial charge < -0.3 is 11.1 Å². The van der Waals surface area contributed by atoms with Gasteiger partial charge in [0, 0.05) is 19.0 Å². The smallest absolute Gasteiger partial charge is 0.254 e. The molecule has 1 rings (SSSR count). The molecule has 0 radical (unpaired) electrons. The van der Waals surface area contributed by atoms with Crippen LogP contribution in [0.25, 0.3) is 0 Å². The molecular formula is C11H12F2N2OS. The Labute approximate surface area is 103 Å². The van der Waals surface area contributed by atoms with Crippen molar-refractivity contribution in [1.29, 1.82) is 0 Å². The maximum Gasteiger partial charge on any atom is 0.254 e. The SMILES string of the molecule is Cc1cc(C(=O)NCCC(N)=S)c(F)cc1F. The van der Waals surface area contributed by atoms with Gasteiger partial charge in [-0.05, 0) is 18.6 Å². The lowest BCUT2D eigenvalue weighted by molar-refractivity contribution is 0.0950. The van der Waals surface area contributed by atoms with E-state index < -0.39 is 17.5 Å². The van der Waals surface area contributed by atoms with E-state index in [1.807, 2.05) is 0 Å². The van der Waals surface area contributed by atoms with Gasteiger partial charge in [0.05, 0.1) is 10.6 Å². The Balaban J connectivity index is 2.75. The molecule has 0 aromatic heterocycles. The van der Waals surface area contributed by atoms with Crippen molar-refractivity contribution in [1.82, 2.24) is 5.32 Å². The Bertz CT molecular complexity index is 463. The number of nitrogens with one attached hydrogen (secondary N) is 1. The van der Waals surface area contributed by atoms with Crippen LogP contribution in [0.15, 0.2) is 12.1 Å². The zero-order valence-corrected chi connectivity index (χ0v) is 10.0. The summed E-state index contributed by atoms with van der Waals surface area (Å²) in [6, 6.07) is 1.86. The predicted octanol–water partition coefficient (Wildman–Crippen LogP) is 1.68. The van der Waals surface area contributed by atoms with Crippen molar-refractivity contribution in [3.05, 3.63) is 34.9 Å². The molecule has 0 unspecified atom stereocenters. The molecule has 6 heteroatoms. The first-order chi connectivity index (χ1) is 7.91. The van der Waals surface area contributed by atoms with Crippen LogP contribution in [0.2, 0.25) is 0 Å². The van der Waals surface area contributed by atoms with E-state index >= 15 is 0 Å². The molecule has 3 N–H and O–H groups in total. The molecule has 1 aromatic carbocycles. The number of aryl methyl sites for hydroxylation is 1. The van der Waals surface area contributed by atoms with E-state index in [1.54, 1.807) is 0 Å². The summed E-state index contributed by atoms with van der Waals surface area (Å²) in [7, 11) is 0. The largest absolute Gasteiger partial charge is 0.393 e. The third-order valence-corrected chi connectivity index (χ3v) is 2.35. The summed E-state index contributed by atoms with van der Waals surface area (Å²) in [5.74, 6) is -2.18. The second-order valence-electron chi connectivity index (χ2n) is 3.55. The molecule has 0 fully saturated rings. The highest BCUT2D eigenvalue weighted by molar-refractivity contribution is 7.80. The van der Waals surface area contributed by atoms with Crippen molar-refractivity contribution in [2.75, 3.05) is 6.54 Å². The number of halogens is 2. The minimum atomic E-state index is -0.888. The highest BCUT2D eigenvalue weighted by Gasteiger charge is 2.13. The summed E-state index contributed by atoms with van der Waals surface area (Å²) in [6.45, 7) is 1.69. The third kappa shape index (κ3) is 3.74. The van der Waals surface area contributed by atoms with Gasteiger partial charge in [-0.3, -0.25) is 4.79 Å². The molecule has 0 aliphatic carbocycles. The number of benzene rings is 1. The van der Waals surface area contributed by atoms with E-state index in [0.29, 0.717) is 12.5 Å². The van der Waals surface area contributed by atoms with Crippen molar-refractivity contribution in [2.45, 2.75) is 13.3 Å². The van der Waals surface area contributed by atoms with Gasteiger partial charge in [-0.15, -0.1) is 0 Å². The molecule has 0 aliphatic heterocycles. The topological polar surface area (TPSA) is 55.1 Å². The second-order valence-corrected chi connectivity index (χ2v) is 4.08. The average molecular weight is 258 g/mol. The molecule has 1 amide bonds. The highest BCUT2D eigenvalue weighted by Crippen LogP contribution is 2.13. The minimum absolute atomic E-state index is 0.188. The van der Waals surface area contributed by atoms with Crippen molar-refractivity contribution < 1.29 is 13.6 Å². The molecule has 3 nitrogen and oxygen atoms in total. The van der Waals surface area contributed by atoms with Gasteiger partial charge in [-0.1, -0.05) is 12.2 Å². The van der Waals surface area contributed by atoms with Crippen molar-refractivity contribution in [3.63, 3.8) is 0 Å². The lowest BCUT2D eigenvalue weighted by atomic mass is 10.1. The van der Waals surface area contributed by atoms with E-state index in [2.05, 4.69) is 17.5 Å². The molecule has 0 spiro atoms. The van der Waals surface area contributed by atoms with Gasteiger partial charge in [0.25, 0.3) is 5.91 Å². The van der Waals surface area contributed by atoms with Crippen LogP contribution in [0.1, 0.15) is 22.3 Å². The first-order valence-corrected chi connectivity index (χ1v) is 5.34. The molecular weight excluding hydrogens is 246 g/mol. The lowest BCUT2D eigenvalue weighted by Gasteiger charge is -2.07. The van der Waals surface area contributed by atoms with Crippen LogP contribution in [0, 0.1) is 18.6 Å². The summed E-state index contributed by atoms with van der Waals surface area (Å²) >= 11 is 4.63. The summed E-state index contributed by atoms with van der Waals surface area (Å²) in [5.41, 5.74) is 5.27. The summed E-state index contributed by atoms with van der Waals surface area (Å²) in [4.78, 5) is 11.8. The second kappa shape index (κ2) is 5.67. The molecule has 17 heavy (non-hydrogen) atoms. The fraction of sp³-hybridized carbons (Fsp3) is 0.273. The Morgan fingerprint density at radius 1 is 1.41 bits per heavy atom. The zero-order chi connectivity index (χ0) is 13.0. The van der Waals surface area contributed by atoms with Crippen molar-refractivity contribution in [3.8, 4) is 0 Å². The number of nitrogens with two attached hydrogens (primary N) is 1. The highest BCUT2D eigenvalue weighted by atomic mass is 32.1. The van der Waals surface area contributed by atoms with E-state index in [1.165, 1.54) is 13.0 Å². The van der Waals surface area contributed by atoms with Crippen LogP contribution >= 0.6 is 12.2 Å². The number of rotatable bonds is 4. The molecule has 1 aromatic rings. The van der Waals surface area contributed by atoms with Crippen molar-refractivity contribution in [2.24, 2.45) is 5.73 Å². The van der Waals surface area contributed by atoms with Gasteiger partial charge in [-0.2, -0.15) is 0 Å². The van der Waals surface area contributed by atoms with Crippen LogP contribution in [0.5, 0.6) is 0 Å². The number of hydrogen-bond acceptors (Lipinski definition) is 2. The number of thiocarbonyl (C=S) groups is 1. The van der Waals surface area contributed by atoms with Gasteiger partial charge >= 0.3 is 0 Å². The van der Waals surface area contributed by atoms with Crippen LogP contribution < -0.4 is 11.1 Å². The quantitative estimate of drug-likeness (QED) is 0.808. The van der Waals surface area contributed by atoms with E-state index in [-0.39, 0.29) is 22.7 Å². The Kier molecular flexibility index (Phi) is 4.51. The monoisotopic (exact) mass is 258 g/mol. The summed E-state index contributed by atoms with van der Waals surface area (Å²) < 4.78 is 26.3. The first kappa shape index (κ1) is 13.5. The van der Waals surface area contributed by atoms with Crippen LogP contribution in [-0.2, 0) is 0 Å². The molecule has 0 heterocycles. The Morgan fingerprint density at radius 3 is 2.65 bits per heavy atom. The minimum Gasteiger partial charge on any atom is -0.393 e. The molecule has 0 saturated carbocycles. The summed E-state index contributed by atoms with van der Waals surface area (Å²) in [6.07, 6.45) is 0.336. The molecule has 92 valence electrons. The first-order valence-electron chi connectivity index (χ1n) is 4.94.